The zero-order valence-corrected chi connectivity index (χ0v) is 15.5. The quantitative estimate of drug-likeness (QED) is 0.760. The maximum Gasteiger partial charge on any atom is 0.234 e. The molecule has 1 heterocycles. The van der Waals surface area contributed by atoms with Gasteiger partial charge in [0.15, 0.2) is 5.16 Å². The minimum atomic E-state index is -0.134. The van der Waals surface area contributed by atoms with Crippen LogP contribution in [0.1, 0.15) is 32.5 Å². The third kappa shape index (κ3) is 4.62. The van der Waals surface area contributed by atoms with E-state index in [0.717, 1.165) is 17.5 Å². The fraction of sp³-hybridized carbons (Fsp3) is 0.400. The molecule has 0 spiro atoms. The molecule has 1 aromatic heterocycles. The van der Waals surface area contributed by atoms with Crippen molar-refractivity contribution in [3.05, 3.63) is 34.1 Å². The zero-order valence-electron chi connectivity index (χ0n) is 13.1. The minimum absolute atomic E-state index is 0.134. The molecule has 1 N–H and O–H groups in total. The van der Waals surface area contributed by atoms with E-state index in [4.69, 9.17) is 23.2 Å². The van der Waals surface area contributed by atoms with Gasteiger partial charge in [-0.25, -0.2) is 0 Å². The molecule has 0 atom stereocenters. The summed E-state index contributed by atoms with van der Waals surface area (Å²) in [5.41, 5.74) is 0.616. The van der Waals surface area contributed by atoms with Crippen LogP contribution in [-0.2, 0) is 11.3 Å². The lowest BCUT2D eigenvalue weighted by Gasteiger charge is -2.09. The van der Waals surface area contributed by atoms with Gasteiger partial charge in [0.2, 0.25) is 5.91 Å². The van der Waals surface area contributed by atoms with Crippen molar-refractivity contribution in [1.82, 2.24) is 14.8 Å². The van der Waals surface area contributed by atoms with E-state index in [0.29, 0.717) is 21.7 Å². The van der Waals surface area contributed by atoms with E-state index in [-0.39, 0.29) is 11.7 Å². The number of aromatic nitrogens is 3. The summed E-state index contributed by atoms with van der Waals surface area (Å²) in [7, 11) is 0. The second-order valence-electron chi connectivity index (χ2n) is 5.21. The van der Waals surface area contributed by atoms with Gasteiger partial charge >= 0.3 is 0 Å². The van der Waals surface area contributed by atoms with Crippen molar-refractivity contribution < 1.29 is 4.79 Å². The Morgan fingerprint density at radius 3 is 2.65 bits per heavy atom. The molecular weight excluding hydrogens is 355 g/mol. The summed E-state index contributed by atoms with van der Waals surface area (Å²) >= 11 is 13.1. The molecule has 0 saturated heterocycles. The van der Waals surface area contributed by atoms with E-state index in [2.05, 4.69) is 29.4 Å². The molecule has 8 heteroatoms. The van der Waals surface area contributed by atoms with Crippen LogP contribution in [0.15, 0.2) is 23.4 Å². The lowest BCUT2D eigenvalue weighted by molar-refractivity contribution is -0.113. The molecule has 0 saturated carbocycles. The lowest BCUT2D eigenvalue weighted by Crippen LogP contribution is -2.14. The first-order valence-corrected chi connectivity index (χ1v) is 8.97. The monoisotopic (exact) mass is 372 g/mol. The molecule has 2 rings (SSSR count). The predicted molar refractivity (Wildman–Crippen MR) is 95.6 cm³/mol. The summed E-state index contributed by atoms with van der Waals surface area (Å²) in [5.74, 6) is 1.34. The Morgan fingerprint density at radius 2 is 2.04 bits per heavy atom. The number of hydrogen-bond donors (Lipinski definition) is 1. The van der Waals surface area contributed by atoms with Crippen molar-refractivity contribution in [2.45, 2.75) is 38.4 Å². The van der Waals surface area contributed by atoms with E-state index in [1.54, 1.807) is 18.2 Å². The summed E-state index contributed by atoms with van der Waals surface area (Å²) in [4.78, 5) is 12.1. The van der Waals surface area contributed by atoms with Crippen LogP contribution in [0.2, 0.25) is 10.0 Å². The minimum Gasteiger partial charge on any atom is -0.325 e. The molecule has 1 amide bonds. The highest BCUT2D eigenvalue weighted by Crippen LogP contribution is 2.25. The van der Waals surface area contributed by atoms with Gasteiger partial charge in [0.25, 0.3) is 0 Å². The molecule has 0 aliphatic carbocycles. The summed E-state index contributed by atoms with van der Waals surface area (Å²) in [6.07, 6.45) is 0. The molecule has 0 aliphatic heterocycles. The highest BCUT2D eigenvalue weighted by atomic mass is 35.5. The van der Waals surface area contributed by atoms with Gasteiger partial charge in [0.05, 0.1) is 15.8 Å². The maximum atomic E-state index is 12.1. The molecule has 23 heavy (non-hydrogen) atoms. The number of halogens is 2. The van der Waals surface area contributed by atoms with Crippen molar-refractivity contribution in [3.63, 3.8) is 0 Å². The first kappa shape index (κ1) is 18.1. The Balaban J connectivity index is 1.98. The second kappa shape index (κ2) is 8.04. The van der Waals surface area contributed by atoms with E-state index in [1.165, 1.54) is 11.8 Å². The van der Waals surface area contributed by atoms with Crippen molar-refractivity contribution in [1.29, 1.82) is 0 Å². The van der Waals surface area contributed by atoms with Crippen molar-refractivity contribution in [2.75, 3.05) is 11.1 Å². The molecule has 5 nitrogen and oxygen atoms in total. The van der Waals surface area contributed by atoms with Crippen molar-refractivity contribution >= 4 is 46.6 Å². The van der Waals surface area contributed by atoms with Gasteiger partial charge in [0.1, 0.15) is 5.82 Å². The van der Waals surface area contributed by atoms with E-state index in [1.807, 2.05) is 11.5 Å². The van der Waals surface area contributed by atoms with Gasteiger partial charge < -0.3 is 9.88 Å². The number of thioether (sulfide) groups is 1. The third-order valence-electron chi connectivity index (χ3n) is 3.11. The standard InChI is InChI=1S/C15H18Cl2N4OS/c1-4-21-14(9(2)3)19-20-15(21)23-8-13(22)18-10-5-6-11(16)12(17)7-10/h5-7,9H,4,8H2,1-3H3,(H,18,22). The van der Waals surface area contributed by atoms with E-state index in [9.17, 15) is 4.79 Å². The van der Waals surface area contributed by atoms with Crippen LogP contribution in [0, 0.1) is 0 Å². The Labute approximate surface area is 149 Å². The van der Waals surface area contributed by atoms with Crippen LogP contribution < -0.4 is 5.32 Å². The van der Waals surface area contributed by atoms with Crippen LogP contribution in [0.3, 0.4) is 0 Å². The number of benzene rings is 1. The van der Waals surface area contributed by atoms with Gasteiger partial charge in [-0.3, -0.25) is 4.79 Å². The lowest BCUT2D eigenvalue weighted by atomic mass is 10.2. The average molecular weight is 373 g/mol. The fourth-order valence-corrected chi connectivity index (χ4v) is 3.14. The zero-order chi connectivity index (χ0) is 17.0. The molecule has 0 radical (unpaired) electrons. The predicted octanol–water partition coefficient (Wildman–Crippen LogP) is 4.46. The number of amides is 1. The SMILES string of the molecule is CCn1c(SCC(=O)Nc2ccc(Cl)c(Cl)c2)nnc1C(C)C. The van der Waals surface area contributed by atoms with Crippen molar-refractivity contribution in [2.24, 2.45) is 0 Å². The summed E-state index contributed by atoms with van der Waals surface area (Å²) in [6, 6.07) is 4.98. The molecule has 124 valence electrons. The molecule has 2 aromatic rings. The molecule has 1 aromatic carbocycles. The number of anilines is 1. The molecule has 0 fully saturated rings. The van der Waals surface area contributed by atoms with Gasteiger partial charge in [-0.15, -0.1) is 10.2 Å². The topological polar surface area (TPSA) is 59.8 Å². The van der Waals surface area contributed by atoms with Gasteiger partial charge in [-0.2, -0.15) is 0 Å². The number of nitrogens with one attached hydrogen (secondary N) is 1. The van der Waals surface area contributed by atoms with Crippen LogP contribution >= 0.6 is 35.0 Å². The van der Waals surface area contributed by atoms with Gasteiger partial charge in [0, 0.05) is 18.2 Å². The Kier molecular flexibility index (Phi) is 6.33. The normalized spacial score (nSPS) is 11.0. The van der Waals surface area contributed by atoms with Crippen LogP contribution in [0.25, 0.3) is 0 Å². The number of carbonyl (C=O) groups excluding carboxylic acids is 1. The molecule has 0 unspecified atom stereocenters. The largest absolute Gasteiger partial charge is 0.325 e. The molecular formula is C15H18Cl2N4OS. The third-order valence-corrected chi connectivity index (χ3v) is 4.82. The van der Waals surface area contributed by atoms with Crippen LogP contribution in [0.5, 0.6) is 0 Å². The summed E-state index contributed by atoms with van der Waals surface area (Å²) in [6.45, 7) is 6.95. The molecule has 0 aliphatic rings. The molecule has 0 bridgehead atoms. The second-order valence-corrected chi connectivity index (χ2v) is 6.96. The highest BCUT2D eigenvalue weighted by molar-refractivity contribution is 7.99. The van der Waals surface area contributed by atoms with Gasteiger partial charge in [-0.1, -0.05) is 48.8 Å². The Bertz CT molecular complexity index is 703. The van der Waals surface area contributed by atoms with Gasteiger partial charge in [-0.05, 0) is 25.1 Å². The summed E-state index contributed by atoms with van der Waals surface area (Å²) in [5, 5.41) is 12.8. The average Bonchev–Trinajstić information content (AvgIpc) is 2.92. The fourth-order valence-electron chi connectivity index (χ4n) is 2.03. The van der Waals surface area contributed by atoms with E-state index >= 15 is 0 Å². The number of rotatable bonds is 6. The number of carbonyl (C=O) groups is 1. The van der Waals surface area contributed by atoms with Crippen LogP contribution in [-0.4, -0.2) is 26.4 Å². The highest BCUT2D eigenvalue weighted by Gasteiger charge is 2.15. The Morgan fingerprint density at radius 1 is 1.30 bits per heavy atom. The first-order valence-electron chi connectivity index (χ1n) is 7.23. The van der Waals surface area contributed by atoms with Crippen LogP contribution in [0.4, 0.5) is 5.69 Å². The Hall–Kier alpha value is -1.24. The summed E-state index contributed by atoms with van der Waals surface area (Å²) < 4.78 is 2.03. The number of nitrogens with zero attached hydrogens (tertiary/aromatic N) is 3. The number of hydrogen-bond acceptors (Lipinski definition) is 4. The first-order chi connectivity index (χ1) is 10.9. The maximum absolute atomic E-state index is 12.1. The van der Waals surface area contributed by atoms with E-state index < -0.39 is 0 Å². The smallest absolute Gasteiger partial charge is 0.234 e. The van der Waals surface area contributed by atoms with Crippen molar-refractivity contribution in [3.8, 4) is 0 Å².